The first-order valence-electron chi connectivity index (χ1n) is 4.33. The molecule has 0 amide bonds. The number of rotatable bonds is 4. The van der Waals surface area contributed by atoms with E-state index in [-0.39, 0.29) is 0 Å². The quantitative estimate of drug-likeness (QED) is 0.793. The molecule has 0 radical (unpaired) electrons. The normalized spacial score (nSPS) is 11.6. The fraction of sp³-hybridized carbons (Fsp3) is 0.444. The number of nitrogens with one attached hydrogen (secondary N) is 1. The highest BCUT2D eigenvalue weighted by Crippen LogP contribution is 1.99. The summed E-state index contributed by atoms with van der Waals surface area (Å²) in [5, 5.41) is 0. The maximum Gasteiger partial charge on any atom is 0.208 e. The third-order valence-electron chi connectivity index (χ3n) is 1.75. The Morgan fingerprint density at radius 3 is 2.64 bits per heavy atom. The van der Waals surface area contributed by atoms with Crippen molar-refractivity contribution >= 4 is 10.0 Å². The lowest BCUT2D eigenvalue weighted by Gasteiger charge is -2.02. The topological polar surface area (TPSA) is 59.1 Å². The first-order valence-corrected chi connectivity index (χ1v) is 6.23. The lowest BCUT2D eigenvalue weighted by molar-refractivity contribution is 0.588. The summed E-state index contributed by atoms with van der Waals surface area (Å²) in [7, 11) is -3.07. The van der Waals surface area contributed by atoms with Gasteiger partial charge in [-0.2, -0.15) is 0 Å². The number of sulfonamides is 1. The van der Waals surface area contributed by atoms with Crippen molar-refractivity contribution in [2.24, 2.45) is 0 Å². The van der Waals surface area contributed by atoms with Crippen molar-refractivity contribution in [1.29, 1.82) is 0 Å². The minimum absolute atomic E-state index is 0.420. The van der Waals surface area contributed by atoms with E-state index in [1.54, 1.807) is 6.20 Å². The van der Waals surface area contributed by atoms with Crippen molar-refractivity contribution in [3.8, 4) is 0 Å². The van der Waals surface area contributed by atoms with E-state index in [4.69, 9.17) is 0 Å². The second-order valence-corrected chi connectivity index (χ2v) is 5.06. The van der Waals surface area contributed by atoms with Crippen molar-refractivity contribution in [3.63, 3.8) is 0 Å². The van der Waals surface area contributed by atoms with E-state index in [1.165, 1.54) is 0 Å². The third kappa shape index (κ3) is 4.34. The lowest BCUT2D eigenvalue weighted by Crippen LogP contribution is -2.24. The van der Waals surface area contributed by atoms with Crippen molar-refractivity contribution < 1.29 is 8.42 Å². The Morgan fingerprint density at radius 1 is 1.43 bits per heavy atom. The minimum Gasteiger partial charge on any atom is -0.261 e. The van der Waals surface area contributed by atoms with Crippen molar-refractivity contribution in [2.75, 3.05) is 12.8 Å². The van der Waals surface area contributed by atoms with Crippen molar-refractivity contribution in [2.45, 2.75) is 13.3 Å². The molecule has 0 atom stereocenters. The second kappa shape index (κ2) is 4.52. The molecule has 0 saturated heterocycles. The van der Waals surface area contributed by atoms with Crippen molar-refractivity contribution in [1.82, 2.24) is 9.71 Å². The van der Waals surface area contributed by atoms with Gasteiger partial charge in [0.05, 0.1) is 6.26 Å². The average molecular weight is 214 g/mol. The van der Waals surface area contributed by atoms with Crippen molar-refractivity contribution in [3.05, 3.63) is 29.6 Å². The summed E-state index contributed by atoms with van der Waals surface area (Å²) in [4.78, 5) is 4.12. The Labute approximate surface area is 84.4 Å². The third-order valence-corrected chi connectivity index (χ3v) is 2.48. The molecule has 0 saturated carbocycles. The largest absolute Gasteiger partial charge is 0.261 e. The average Bonchev–Trinajstić information content (AvgIpc) is 2.06. The zero-order valence-corrected chi connectivity index (χ0v) is 9.13. The summed E-state index contributed by atoms with van der Waals surface area (Å²) >= 11 is 0. The van der Waals surface area contributed by atoms with Gasteiger partial charge in [0.15, 0.2) is 0 Å². The van der Waals surface area contributed by atoms with E-state index in [2.05, 4.69) is 9.71 Å². The molecule has 0 aliphatic heterocycles. The molecular formula is C9H14N2O2S. The van der Waals surface area contributed by atoms with Crippen LogP contribution in [0.25, 0.3) is 0 Å². The SMILES string of the molecule is Cc1ccc(CCNS(C)(=O)=O)cn1. The van der Waals surface area contributed by atoms with Crippen LogP contribution >= 0.6 is 0 Å². The van der Waals surface area contributed by atoms with Crippen LogP contribution in [0.4, 0.5) is 0 Å². The Kier molecular flexibility index (Phi) is 3.60. The van der Waals surface area contributed by atoms with Crippen LogP contribution in [-0.2, 0) is 16.4 Å². The van der Waals surface area contributed by atoms with Crippen LogP contribution in [0.2, 0.25) is 0 Å². The fourth-order valence-corrected chi connectivity index (χ4v) is 1.50. The maximum absolute atomic E-state index is 10.7. The van der Waals surface area contributed by atoms with Gasteiger partial charge in [-0.25, -0.2) is 13.1 Å². The molecule has 1 aromatic rings. The van der Waals surface area contributed by atoms with Gasteiger partial charge in [-0.15, -0.1) is 0 Å². The number of aromatic nitrogens is 1. The van der Waals surface area contributed by atoms with Gasteiger partial charge < -0.3 is 0 Å². The van der Waals surface area contributed by atoms with Gasteiger partial charge in [-0.3, -0.25) is 4.98 Å². The van der Waals surface area contributed by atoms with Crippen LogP contribution in [0.15, 0.2) is 18.3 Å². The molecule has 1 rings (SSSR count). The lowest BCUT2D eigenvalue weighted by atomic mass is 10.2. The summed E-state index contributed by atoms with van der Waals surface area (Å²) in [5.74, 6) is 0. The number of hydrogen-bond donors (Lipinski definition) is 1. The minimum atomic E-state index is -3.07. The Balaban J connectivity index is 2.43. The molecule has 0 fully saturated rings. The predicted octanol–water partition coefficient (Wildman–Crippen LogP) is 0.482. The van der Waals surface area contributed by atoms with Gasteiger partial charge in [0, 0.05) is 18.4 Å². The molecule has 1 heterocycles. The van der Waals surface area contributed by atoms with E-state index >= 15 is 0 Å². The van der Waals surface area contributed by atoms with Gasteiger partial charge >= 0.3 is 0 Å². The first kappa shape index (κ1) is 11.1. The Morgan fingerprint density at radius 2 is 2.14 bits per heavy atom. The molecule has 0 aliphatic rings. The van der Waals surface area contributed by atoms with Crippen LogP contribution in [0.1, 0.15) is 11.3 Å². The number of pyridine rings is 1. The summed E-state index contributed by atoms with van der Waals surface area (Å²) in [5.41, 5.74) is 2.00. The number of nitrogens with zero attached hydrogens (tertiary/aromatic N) is 1. The monoisotopic (exact) mass is 214 g/mol. The molecular weight excluding hydrogens is 200 g/mol. The molecule has 4 nitrogen and oxygen atoms in total. The Hall–Kier alpha value is -0.940. The van der Waals surface area contributed by atoms with Gasteiger partial charge in [0.1, 0.15) is 0 Å². The van der Waals surface area contributed by atoms with Crippen LogP contribution in [0.3, 0.4) is 0 Å². The zero-order chi connectivity index (χ0) is 10.6. The predicted molar refractivity (Wildman–Crippen MR) is 55.5 cm³/mol. The molecule has 0 unspecified atom stereocenters. The Bertz CT molecular complexity index is 384. The van der Waals surface area contributed by atoms with Gasteiger partial charge in [-0.05, 0) is 25.0 Å². The van der Waals surface area contributed by atoms with Gasteiger partial charge in [0.25, 0.3) is 0 Å². The standard InChI is InChI=1S/C9H14N2O2S/c1-8-3-4-9(7-10-8)5-6-11-14(2,12)13/h3-4,7,11H,5-6H2,1-2H3. The van der Waals surface area contributed by atoms with E-state index < -0.39 is 10.0 Å². The highest BCUT2D eigenvalue weighted by molar-refractivity contribution is 7.88. The first-order chi connectivity index (χ1) is 6.47. The van der Waals surface area contributed by atoms with Crippen LogP contribution in [0.5, 0.6) is 0 Å². The molecule has 0 aliphatic carbocycles. The van der Waals surface area contributed by atoms with Gasteiger partial charge in [0.2, 0.25) is 10.0 Å². The molecule has 78 valence electrons. The van der Waals surface area contributed by atoms with Crippen LogP contribution in [-0.4, -0.2) is 26.2 Å². The molecule has 1 N–H and O–H groups in total. The smallest absolute Gasteiger partial charge is 0.208 e. The fourth-order valence-electron chi connectivity index (χ4n) is 1.03. The molecule has 0 aromatic carbocycles. The van der Waals surface area contributed by atoms with E-state index in [0.717, 1.165) is 17.5 Å². The second-order valence-electron chi connectivity index (χ2n) is 3.22. The molecule has 0 bridgehead atoms. The van der Waals surface area contributed by atoms with Gasteiger partial charge in [-0.1, -0.05) is 6.07 Å². The van der Waals surface area contributed by atoms with E-state index in [0.29, 0.717) is 13.0 Å². The maximum atomic E-state index is 10.7. The number of hydrogen-bond acceptors (Lipinski definition) is 3. The molecule has 5 heteroatoms. The molecule has 0 spiro atoms. The molecule has 1 aromatic heterocycles. The molecule has 14 heavy (non-hydrogen) atoms. The summed E-state index contributed by atoms with van der Waals surface area (Å²) in [6, 6.07) is 3.86. The van der Waals surface area contributed by atoms with Crippen LogP contribution in [0, 0.1) is 6.92 Å². The van der Waals surface area contributed by atoms with Crippen LogP contribution < -0.4 is 4.72 Å². The summed E-state index contributed by atoms with van der Waals surface area (Å²) in [6.07, 6.45) is 3.58. The van der Waals surface area contributed by atoms with E-state index in [1.807, 2.05) is 19.1 Å². The zero-order valence-electron chi connectivity index (χ0n) is 8.32. The highest BCUT2D eigenvalue weighted by Gasteiger charge is 1.99. The summed E-state index contributed by atoms with van der Waals surface area (Å²) < 4.78 is 23.9. The highest BCUT2D eigenvalue weighted by atomic mass is 32.2. The van der Waals surface area contributed by atoms with E-state index in [9.17, 15) is 8.42 Å². The number of aryl methyl sites for hydroxylation is 1. The summed E-state index contributed by atoms with van der Waals surface area (Å²) in [6.45, 7) is 2.34.